The van der Waals surface area contributed by atoms with Crippen LogP contribution in [-0.2, 0) is 20.9 Å². The molecule has 2 aliphatic rings. The summed E-state index contributed by atoms with van der Waals surface area (Å²) in [5, 5.41) is 7.00. The molecule has 1 aromatic heterocycles. The highest BCUT2D eigenvalue weighted by Crippen LogP contribution is 2.28. The molecule has 0 radical (unpaired) electrons. The molecular weight excluding hydrogens is 378 g/mol. The van der Waals surface area contributed by atoms with Crippen LogP contribution in [0.3, 0.4) is 0 Å². The molecule has 4 rings (SSSR count). The molecule has 1 saturated heterocycles. The number of carbonyl (C=O) groups is 3. The molecular formula is C19H20N5O5+. The maximum absolute atomic E-state index is 12.5. The van der Waals surface area contributed by atoms with Gasteiger partial charge >= 0.3 is 11.8 Å². The zero-order valence-corrected chi connectivity index (χ0v) is 15.8. The number of benzene rings is 1. The van der Waals surface area contributed by atoms with Gasteiger partial charge in [0.05, 0.1) is 19.9 Å². The van der Waals surface area contributed by atoms with Gasteiger partial charge in [-0.1, -0.05) is 0 Å². The van der Waals surface area contributed by atoms with Crippen molar-refractivity contribution >= 4 is 23.4 Å². The van der Waals surface area contributed by atoms with Crippen molar-refractivity contribution in [3.63, 3.8) is 0 Å². The van der Waals surface area contributed by atoms with Crippen LogP contribution in [0.15, 0.2) is 52.2 Å². The second-order valence-corrected chi connectivity index (χ2v) is 6.57. The maximum atomic E-state index is 12.5. The van der Waals surface area contributed by atoms with Crippen molar-refractivity contribution in [1.29, 1.82) is 0 Å². The van der Waals surface area contributed by atoms with Crippen molar-refractivity contribution < 1.29 is 28.2 Å². The first-order valence-corrected chi connectivity index (χ1v) is 9.10. The summed E-state index contributed by atoms with van der Waals surface area (Å²) < 4.78 is 11.3. The molecule has 1 aromatic carbocycles. The van der Waals surface area contributed by atoms with Gasteiger partial charge in [-0.2, -0.15) is 0 Å². The Labute approximate surface area is 166 Å². The van der Waals surface area contributed by atoms with E-state index >= 15 is 0 Å². The van der Waals surface area contributed by atoms with Crippen LogP contribution in [-0.4, -0.2) is 60.4 Å². The van der Waals surface area contributed by atoms with E-state index in [0.29, 0.717) is 24.6 Å². The fourth-order valence-corrected chi connectivity index (χ4v) is 3.30. The quantitative estimate of drug-likeness (QED) is 0.562. The minimum Gasteiger partial charge on any atom is -0.497 e. The highest BCUT2D eigenvalue weighted by Gasteiger charge is 2.49. The predicted molar refractivity (Wildman–Crippen MR) is 99.0 cm³/mol. The molecule has 0 spiro atoms. The summed E-state index contributed by atoms with van der Waals surface area (Å²) in [6.45, 7) is 0.753. The molecule has 0 aliphatic carbocycles. The molecule has 1 fully saturated rings. The lowest BCUT2D eigenvalue weighted by Crippen LogP contribution is -2.53. The zero-order valence-electron chi connectivity index (χ0n) is 15.8. The molecule has 10 heteroatoms. The molecule has 29 heavy (non-hydrogen) atoms. The van der Waals surface area contributed by atoms with E-state index in [1.54, 1.807) is 19.2 Å². The van der Waals surface area contributed by atoms with Gasteiger partial charge in [0.1, 0.15) is 11.5 Å². The highest BCUT2D eigenvalue weighted by molar-refractivity contribution is 6.31. The Balaban J connectivity index is 1.50. The third-order valence-electron chi connectivity index (χ3n) is 4.80. The second-order valence-electron chi connectivity index (χ2n) is 6.57. The van der Waals surface area contributed by atoms with E-state index in [-0.39, 0.29) is 13.1 Å². The summed E-state index contributed by atoms with van der Waals surface area (Å²) in [7, 11) is 1.59. The number of anilines is 1. The van der Waals surface area contributed by atoms with Crippen LogP contribution in [0.1, 0.15) is 5.76 Å². The Bertz CT molecular complexity index is 954. The monoisotopic (exact) mass is 398 g/mol. The van der Waals surface area contributed by atoms with Crippen molar-refractivity contribution in [3.05, 3.63) is 48.4 Å². The van der Waals surface area contributed by atoms with E-state index in [1.807, 2.05) is 29.2 Å². The summed E-state index contributed by atoms with van der Waals surface area (Å²) in [6, 6.07) is 10.8. The number of rotatable bonds is 6. The minimum absolute atomic E-state index is 0.190. The first-order valence-electron chi connectivity index (χ1n) is 9.10. The third-order valence-corrected chi connectivity index (χ3v) is 4.80. The Kier molecular flexibility index (Phi) is 4.98. The molecule has 2 aliphatic heterocycles. The van der Waals surface area contributed by atoms with Crippen LogP contribution in [0.5, 0.6) is 5.75 Å². The normalized spacial score (nSPS) is 18.5. The molecule has 1 N–H and O–H groups in total. The largest absolute Gasteiger partial charge is 0.502 e. The van der Waals surface area contributed by atoms with Crippen LogP contribution in [0.4, 0.5) is 5.69 Å². The highest BCUT2D eigenvalue weighted by atomic mass is 16.5. The topological polar surface area (TPSA) is 107 Å². The van der Waals surface area contributed by atoms with Crippen LogP contribution < -0.4 is 15.0 Å². The van der Waals surface area contributed by atoms with E-state index in [9.17, 15) is 14.4 Å². The first kappa shape index (κ1) is 18.7. The van der Waals surface area contributed by atoms with Crippen molar-refractivity contribution in [3.8, 4) is 5.75 Å². The fraction of sp³-hybridized carbons (Fsp3) is 0.316. The van der Waals surface area contributed by atoms with Crippen molar-refractivity contribution in [2.75, 3.05) is 31.6 Å². The number of nitrogens with zero attached hydrogens (tertiary/aromatic N) is 4. The van der Waals surface area contributed by atoms with Gasteiger partial charge < -0.3 is 19.4 Å². The van der Waals surface area contributed by atoms with Gasteiger partial charge in [-0.3, -0.25) is 14.5 Å². The summed E-state index contributed by atoms with van der Waals surface area (Å²) in [6.07, 6.45) is 0.831. The minimum atomic E-state index is -0.814. The van der Waals surface area contributed by atoms with Crippen molar-refractivity contribution in [2.24, 2.45) is 5.11 Å². The number of fused-ring (bicyclic) bond motifs is 1. The van der Waals surface area contributed by atoms with E-state index in [0.717, 1.165) is 10.4 Å². The number of hydrogen-bond donors (Lipinski definition) is 1. The molecule has 150 valence electrons. The summed E-state index contributed by atoms with van der Waals surface area (Å²) >= 11 is 0. The van der Waals surface area contributed by atoms with Gasteiger partial charge in [0.15, 0.2) is 0 Å². The number of methoxy groups -OCH3 is 1. The van der Waals surface area contributed by atoms with Gasteiger partial charge in [-0.05, 0) is 41.1 Å². The average Bonchev–Trinajstić information content (AvgIpc) is 3.40. The van der Waals surface area contributed by atoms with Gasteiger partial charge in [-0.15, -0.1) is 0 Å². The van der Waals surface area contributed by atoms with Crippen molar-refractivity contribution in [2.45, 2.75) is 12.8 Å². The average molecular weight is 398 g/mol. The molecule has 3 amide bonds. The van der Waals surface area contributed by atoms with E-state index in [1.165, 1.54) is 11.2 Å². The number of azo groups is 2. The lowest BCUT2D eigenvalue weighted by molar-refractivity contribution is -0.509. The number of nitrogens with one attached hydrogen (secondary N) is 1. The van der Waals surface area contributed by atoms with E-state index in [2.05, 4.69) is 10.4 Å². The molecule has 0 saturated carbocycles. The number of carbonyl (C=O) groups excluding carboxylic acids is 3. The lowest BCUT2D eigenvalue weighted by Gasteiger charge is -2.27. The third kappa shape index (κ3) is 3.68. The number of ether oxygens (including phenoxy) is 1. The van der Waals surface area contributed by atoms with Gasteiger partial charge in [0, 0.05) is 23.9 Å². The maximum Gasteiger partial charge on any atom is 0.502 e. The SMILES string of the molecule is COc1ccc(N2CCN3C(=O)C(=O)[N+](CC(=O)NCc4ccco4)=NC32)cc1. The number of hydrogen-bond acceptors (Lipinski definition) is 7. The molecule has 1 unspecified atom stereocenters. The molecule has 0 bridgehead atoms. The zero-order chi connectivity index (χ0) is 20.4. The van der Waals surface area contributed by atoms with Crippen LogP contribution >= 0.6 is 0 Å². The molecule has 1 atom stereocenters. The standard InChI is InChI=1S/C19H19N5O5/c1-28-14-6-4-13(5-7-14)22-8-9-23-17(26)18(27)24(21-19(22)23)12-16(25)20-11-15-3-2-10-29-15/h2-7,10,19H,8-9,11-12H2,1H3/p+1. The van der Waals surface area contributed by atoms with Gasteiger partial charge in [0.2, 0.25) is 0 Å². The smallest absolute Gasteiger partial charge is 0.497 e. The van der Waals surface area contributed by atoms with E-state index < -0.39 is 24.0 Å². The second kappa shape index (κ2) is 7.74. The summed E-state index contributed by atoms with van der Waals surface area (Å²) in [5.41, 5.74) is 0.839. The van der Waals surface area contributed by atoms with Crippen LogP contribution in [0.2, 0.25) is 0 Å². The molecule has 3 heterocycles. The van der Waals surface area contributed by atoms with Crippen LogP contribution in [0, 0.1) is 0 Å². The Morgan fingerprint density at radius 1 is 1.24 bits per heavy atom. The lowest BCUT2D eigenvalue weighted by atomic mass is 10.3. The summed E-state index contributed by atoms with van der Waals surface area (Å²) in [4.78, 5) is 40.4. The van der Waals surface area contributed by atoms with Crippen LogP contribution in [0.25, 0.3) is 0 Å². The molecule has 10 nitrogen and oxygen atoms in total. The van der Waals surface area contributed by atoms with Crippen molar-refractivity contribution in [1.82, 2.24) is 10.2 Å². The predicted octanol–water partition coefficient (Wildman–Crippen LogP) is 0.542. The van der Waals surface area contributed by atoms with E-state index in [4.69, 9.17) is 9.15 Å². The van der Waals surface area contributed by atoms with Gasteiger partial charge in [0.25, 0.3) is 18.7 Å². The Hall–Kier alpha value is -3.69. The first-order chi connectivity index (χ1) is 14.1. The molecule has 2 aromatic rings. The Morgan fingerprint density at radius 2 is 2.00 bits per heavy atom. The van der Waals surface area contributed by atoms with Gasteiger partial charge in [-0.25, -0.2) is 4.79 Å². The summed E-state index contributed by atoms with van der Waals surface area (Å²) in [5.74, 6) is -0.616. The number of amides is 3. The number of furan rings is 1. The Morgan fingerprint density at radius 3 is 2.69 bits per heavy atom. The fourth-order valence-electron chi connectivity index (χ4n) is 3.30.